The lowest BCUT2D eigenvalue weighted by molar-refractivity contribution is -0.126. The molecule has 2 rings (SSSR count). The molecule has 0 spiro atoms. The maximum Gasteiger partial charge on any atom is 0.239 e. The van der Waals surface area contributed by atoms with E-state index >= 15 is 0 Å². The summed E-state index contributed by atoms with van der Waals surface area (Å²) in [4.78, 5) is 16.9. The Labute approximate surface area is 129 Å². The van der Waals surface area contributed by atoms with Crippen molar-refractivity contribution in [1.82, 2.24) is 15.1 Å². The molecule has 2 aliphatic rings. The van der Waals surface area contributed by atoms with E-state index in [1.54, 1.807) is 0 Å². The quantitative estimate of drug-likeness (QED) is 0.587. The van der Waals surface area contributed by atoms with Crippen molar-refractivity contribution in [3.8, 4) is 0 Å². The highest BCUT2D eigenvalue weighted by Crippen LogP contribution is 2.42. The molecule has 0 saturated heterocycles. The van der Waals surface area contributed by atoms with Crippen LogP contribution in [0.2, 0.25) is 0 Å². The highest BCUT2D eigenvalue weighted by atomic mass is 16.1. The van der Waals surface area contributed by atoms with Crippen LogP contribution in [0, 0.1) is 5.92 Å². The van der Waals surface area contributed by atoms with Crippen molar-refractivity contribution < 1.29 is 4.79 Å². The van der Waals surface area contributed by atoms with E-state index in [1.807, 2.05) is 0 Å². The van der Waals surface area contributed by atoms with Gasteiger partial charge in [0.25, 0.3) is 0 Å². The lowest BCUT2D eigenvalue weighted by Crippen LogP contribution is -2.64. The number of amides is 1. The van der Waals surface area contributed by atoms with Crippen molar-refractivity contribution in [2.24, 2.45) is 11.7 Å². The van der Waals surface area contributed by atoms with E-state index in [0.29, 0.717) is 12.0 Å². The van der Waals surface area contributed by atoms with Gasteiger partial charge in [0, 0.05) is 25.7 Å². The van der Waals surface area contributed by atoms with Crippen LogP contribution < -0.4 is 11.1 Å². The van der Waals surface area contributed by atoms with E-state index in [0.717, 1.165) is 45.4 Å². The zero-order valence-electron chi connectivity index (χ0n) is 13.9. The molecule has 0 bridgehead atoms. The Hall–Kier alpha value is -0.650. The summed E-state index contributed by atoms with van der Waals surface area (Å²) in [6.45, 7) is 6.01. The van der Waals surface area contributed by atoms with Gasteiger partial charge in [0.2, 0.25) is 5.91 Å². The van der Waals surface area contributed by atoms with Crippen molar-refractivity contribution in [3.05, 3.63) is 0 Å². The molecule has 122 valence electrons. The molecule has 0 heterocycles. The number of carbonyl (C=O) groups excluding carboxylic acids is 1. The zero-order valence-corrected chi connectivity index (χ0v) is 13.9. The molecule has 2 saturated carbocycles. The van der Waals surface area contributed by atoms with Gasteiger partial charge >= 0.3 is 0 Å². The van der Waals surface area contributed by atoms with Crippen LogP contribution in [-0.4, -0.2) is 67.6 Å². The topological polar surface area (TPSA) is 61.6 Å². The number of nitrogens with zero attached hydrogens (tertiary/aromatic N) is 2. The number of rotatable bonds is 11. The summed E-state index contributed by atoms with van der Waals surface area (Å²) in [5, 5.41) is 3.61. The molecule has 0 aromatic rings. The van der Waals surface area contributed by atoms with Crippen molar-refractivity contribution in [3.63, 3.8) is 0 Å². The highest BCUT2D eigenvalue weighted by Gasteiger charge is 2.52. The van der Waals surface area contributed by atoms with Gasteiger partial charge < -0.3 is 10.6 Å². The van der Waals surface area contributed by atoms with E-state index in [9.17, 15) is 4.79 Å². The molecular formula is C16H32N4O. The van der Waals surface area contributed by atoms with Crippen molar-refractivity contribution in [2.45, 2.75) is 50.6 Å². The van der Waals surface area contributed by atoms with Crippen LogP contribution in [-0.2, 0) is 4.79 Å². The van der Waals surface area contributed by atoms with Crippen LogP contribution in [0.1, 0.15) is 39.0 Å². The lowest BCUT2D eigenvalue weighted by atomic mass is 9.90. The fourth-order valence-corrected chi connectivity index (χ4v) is 3.09. The average Bonchev–Trinajstić information content (AvgIpc) is 3.25. The molecule has 0 aromatic carbocycles. The third-order valence-corrected chi connectivity index (χ3v) is 4.63. The van der Waals surface area contributed by atoms with Crippen molar-refractivity contribution in [1.29, 1.82) is 0 Å². The number of primary amides is 1. The molecule has 0 radical (unpaired) electrons. The second-order valence-corrected chi connectivity index (χ2v) is 7.11. The highest BCUT2D eigenvalue weighted by molar-refractivity contribution is 5.86. The molecule has 5 nitrogen and oxygen atoms in total. The smallest absolute Gasteiger partial charge is 0.239 e. The predicted octanol–water partition coefficient (Wildman–Crippen LogP) is 0.646. The van der Waals surface area contributed by atoms with Gasteiger partial charge in [-0.2, -0.15) is 0 Å². The molecule has 2 aliphatic carbocycles. The first-order chi connectivity index (χ1) is 9.98. The Kier molecular flexibility index (Phi) is 5.63. The number of nitrogens with one attached hydrogen (secondary N) is 1. The molecule has 3 N–H and O–H groups in total. The van der Waals surface area contributed by atoms with Gasteiger partial charge in [-0.25, -0.2) is 0 Å². The second kappa shape index (κ2) is 7.07. The molecular weight excluding hydrogens is 264 g/mol. The first kappa shape index (κ1) is 16.7. The largest absolute Gasteiger partial charge is 0.368 e. The van der Waals surface area contributed by atoms with Gasteiger partial charge in [0.05, 0.1) is 0 Å². The molecule has 0 aromatic heterocycles. The Morgan fingerprint density at radius 2 is 1.86 bits per heavy atom. The minimum Gasteiger partial charge on any atom is -0.368 e. The molecule has 0 aliphatic heterocycles. The van der Waals surface area contributed by atoms with E-state index in [1.165, 1.54) is 12.8 Å². The average molecular weight is 296 g/mol. The zero-order chi connectivity index (χ0) is 15.5. The van der Waals surface area contributed by atoms with Gasteiger partial charge in [-0.3, -0.25) is 15.0 Å². The third-order valence-electron chi connectivity index (χ3n) is 4.63. The van der Waals surface area contributed by atoms with E-state index in [2.05, 4.69) is 36.1 Å². The monoisotopic (exact) mass is 296 g/mol. The fourth-order valence-electron chi connectivity index (χ4n) is 3.09. The molecule has 5 heteroatoms. The van der Waals surface area contributed by atoms with Gasteiger partial charge in [-0.05, 0) is 58.7 Å². The SMILES string of the molecule is CCCN(CCN(C)C)CC(NC1CC1)(C(N)=O)C1CC1. The molecule has 1 unspecified atom stereocenters. The first-order valence-corrected chi connectivity index (χ1v) is 8.42. The summed E-state index contributed by atoms with van der Waals surface area (Å²) in [5.74, 6) is 0.289. The summed E-state index contributed by atoms with van der Waals surface area (Å²) in [6, 6.07) is 0.510. The van der Waals surface area contributed by atoms with E-state index in [-0.39, 0.29) is 5.91 Å². The summed E-state index contributed by atoms with van der Waals surface area (Å²) in [5.41, 5.74) is 5.35. The number of nitrogens with two attached hydrogens (primary N) is 1. The van der Waals surface area contributed by atoms with Crippen LogP contribution in [0.15, 0.2) is 0 Å². The summed E-state index contributed by atoms with van der Waals surface area (Å²) >= 11 is 0. The van der Waals surface area contributed by atoms with Crippen LogP contribution in [0.5, 0.6) is 0 Å². The Balaban J connectivity index is 2.04. The first-order valence-electron chi connectivity index (χ1n) is 8.42. The van der Waals surface area contributed by atoms with Crippen molar-refractivity contribution >= 4 is 5.91 Å². The maximum atomic E-state index is 12.3. The number of carbonyl (C=O) groups is 1. The van der Waals surface area contributed by atoms with Crippen LogP contribution in [0.25, 0.3) is 0 Å². The minimum atomic E-state index is -0.497. The second-order valence-electron chi connectivity index (χ2n) is 7.11. The van der Waals surface area contributed by atoms with Crippen LogP contribution in [0.4, 0.5) is 0 Å². The molecule has 1 amide bonds. The molecule has 1 atom stereocenters. The Bertz CT molecular complexity index is 352. The standard InChI is InChI=1S/C16H32N4O/c1-4-9-20(11-10-19(2)3)12-16(15(17)21,13-5-6-13)18-14-7-8-14/h13-14,18H,4-12H2,1-3H3,(H2,17,21). The normalized spacial score (nSPS) is 21.8. The minimum absolute atomic E-state index is 0.150. The van der Waals surface area contributed by atoms with E-state index < -0.39 is 5.54 Å². The summed E-state index contributed by atoms with van der Waals surface area (Å²) in [7, 11) is 4.18. The predicted molar refractivity (Wildman–Crippen MR) is 86.1 cm³/mol. The Morgan fingerprint density at radius 1 is 1.19 bits per heavy atom. The summed E-state index contributed by atoms with van der Waals surface area (Å²) in [6.07, 6.45) is 5.75. The number of hydrogen-bond acceptors (Lipinski definition) is 4. The Morgan fingerprint density at radius 3 is 2.29 bits per heavy atom. The van der Waals surface area contributed by atoms with Crippen LogP contribution in [0.3, 0.4) is 0 Å². The van der Waals surface area contributed by atoms with Gasteiger partial charge in [-0.1, -0.05) is 6.92 Å². The fraction of sp³-hybridized carbons (Fsp3) is 0.938. The van der Waals surface area contributed by atoms with Crippen LogP contribution >= 0.6 is 0 Å². The van der Waals surface area contributed by atoms with E-state index in [4.69, 9.17) is 5.73 Å². The van der Waals surface area contributed by atoms with Gasteiger partial charge in [0.1, 0.15) is 5.54 Å². The maximum absolute atomic E-state index is 12.3. The van der Waals surface area contributed by atoms with Gasteiger partial charge in [0.15, 0.2) is 0 Å². The third kappa shape index (κ3) is 4.66. The summed E-state index contributed by atoms with van der Waals surface area (Å²) < 4.78 is 0. The molecule has 2 fully saturated rings. The van der Waals surface area contributed by atoms with Crippen molar-refractivity contribution in [2.75, 3.05) is 40.3 Å². The number of likely N-dealkylation sites (N-methyl/N-ethyl adjacent to an activating group) is 1. The molecule has 21 heavy (non-hydrogen) atoms. The number of hydrogen-bond donors (Lipinski definition) is 2. The lowest BCUT2D eigenvalue weighted by Gasteiger charge is -2.38. The van der Waals surface area contributed by atoms with Gasteiger partial charge in [-0.15, -0.1) is 0 Å².